The van der Waals surface area contributed by atoms with Gasteiger partial charge in [0.05, 0.1) is 5.60 Å². The summed E-state index contributed by atoms with van der Waals surface area (Å²) in [7, 11) is 0. The van der Waals surface area contributed by atoms with Gasteiger partial charge in [0.1, 0.15) is 0 Å². The zero-order valence-corrected chi connectivity index (χ0v) is 10.3. The van der Waals surface area contributed by atoms with Gasteiger partial charge in [0.15, 0.2) is 0 Å². The van der Waals surface area contributed by atoms with Crippen LogP contribution < -0.4 is 5.32 Å². The average Bonchev–Trinajstić information content (AvgIpc) is 2.20. The highest BCUT2D eigenvalue weighted by Crippen LogP contribution is 2.42. The van der Waals surface area contributed by atoms with Gasteiger partial charge in [0.2, 0.25) is 0 Å². The molecule has 0 aromatic carbocycles. The van der Waals surface area contributed by atoms with Crippen LogP contribution in [0.2, 0.25) is 0 Å². The molecule has 2 heteroatoms. The smallest absolute Gasteiger partial charge is 0.0697 e. The Balaban J connectivity index is 1.37. The van der Waals surface area contributed by atoms with Crippen LogP contribution in [0.1, 0.15) is 57.8 Å². The molecule has 2 aliphatic carbocycles. The molecule has 0 amide bonds. The first-order valence-corrected chi connectivity index (χ1v) is 7.24. The molecule has 1 aliphatic heterocycles. The van der Waals surface area contributed by atoms with Crippen molar-refractivity contribution in [1.29, 1.82) is 0 Å². The van der Waals surface area contributed by atoms with Crippen LogP contribution in [0.25, 0.3) is 0 Å². The highest BCUT2D eigenvalue weighted by atomic mass is 16.5. The zero-order valence-electron chi connectivity index (χ0n) is 10.3. The van der Waals surface area contributed by atoms with E-state index in [2.05, 4.69) is 5.32 Å². The first-order valence-electron chi connectivity index (χ1n) is 7.24. The number of hydrogen-bond acceptors (Lipinski definition) is 2. The Bertz CT molecular complexity index is 233. The molecular formula is C14H25NO. The lowest BCUT2D eigenvalue weighted by atomic mass is 9.74. The van der Waals surface area contributed by atoms with Crippen LogP contribution in [-0.4, -0.2) is 24.8 Å². The molecule has 0 bridgehead atoms. The molecule has 1 N–H and O–H groups in total. The summed E-state index contributed by atoms with van der Waals surface area (Å²) in [6.45, 7) is 2.23. The lowest BCUT2D eigenvalue weighted by Crippen LogP contribution is -2.51. The summed E-state index contributed by atoms with van der Waals surface area (Å²) in [6, 6.07) is 0.745. The van der Waals surface area contributed by atoms with E-state index in [0.717, 1.165) is 18.6 Å². The third kappa shape index (κ3) is 2.28. The van der Waals surface area contributed by atoms with Crippen molar-refractivity contribution in [3.8, 4) is 0 Å². The fraction of sp³-hybridized carbons (Fsp3) is 1.00. The molecule has 1 saturated heterocycles. The summed E-state index contributed by atoms with van der Waals surface area (Å²) in [5, 5.41) is 3.76. The summed E-state index contributed by atoms with van der Waals surface area (Å²) in [5.41, 5.74) is 0.312. The lowest BCUT2D eigenvalue weighted by molar-refractivity contribution is -0.135. The molecule has 3 fully saturated rings. The molecule has 1 heterocycles. The van der Waals surface area contributed by atoms with E-state index >= 15 is 0 Å². The standard InChI is InChI=1S/C14H25NO/c1-3-12(4-1)5-9-15-13-6-10-16-14(11-13)7-2-8-14/h12-13,15H,1-11H2. The maximum absolute atomic E-state index is 5.95. The van der Waals surface area contributed by atoms with Gasteiger partial charge in [0, 0.05) is 12.6 Å². The Labute approximate surface area is 99.1 Å². The van der Waals surface area contributed by atoms with Gasteiger partial charge in [-0.25, -0.2) is 0 Å². The van der Waals surface area contributed by atoms with E-state index in [9.17, 15) is 0 Å². The summed E-state index contributed by atoms with van der Waals surface area (Å²) in [4.78, 5) is 0. The monoisotopic (exact) mass is 223 g/mol. The van der Waals surface area contributed by atoms with Crippen molar-refractivity contribution in [1.82, 2.24) is 5.32 Å². The van der Waals surface area contributed by atoms with E-state index < -0.39 is 0 Å². The van der Waals surface area contributed by atoms with Crippen LogP contribution in [0, 0.1) is 5.92 Å². The van der Waals surface area contributed by atoms with E-state index in [1.54, 1.807) is 0 Å². The van der Waals surface area contributed by atoms with E-state index in [1.807, 2.05) is 0 Å². The van der Waals surface area contributed by atoms with E-state index in [1.165, 1.54) is 64.3 Å². The second-order valence-corrected chi connectivity index (χ2v) is 6.11. The first kappa shape index (κ1) is 11.0. The Hall–Kier alpha value is -0.0800. The van der Waals surface area contributed by atoms with Gasteiger partial charge in [-0.05, 0) is 51.0 Å². The molecule has 16 heavy (non-hydrogen) atoms. The molecule has 0 radical (unpaired) electrons. The molecular weight excluding hydrogens is 198 g/mol. The molecule has 0 aromatic heterocycles. The molecule has 92 valence electrons. The summed E-state index contributed by atoms with van der Waals surface area (Å²) >= 11 is 0. The molecule has 3 rings (SSSR count). The maximum atomic E-state index is 5.95. The summed E-state index contributed by atoms with van der Waals surface area (Å²) in [5.74, 6) is 1.05. The third-order valence-corrected chi connectivity index (χ3v) is 4.97. The molecule has 1 spiro atoms. The van der Waals surface area contributed by atoms with Gasteiger partial charge in [-0.1, -0.05) is 19.3 Å². The number of hydrogen-bond donors (Lipinski definition) is 1. The predicted octanol–water partition coefficient (Wildman–Crippen LogP) is 2.87. The van der Waals surface area contributed by atoms with Crippen molar-refractivity contribution >= 4 is 0 Å². The average molecular weight is 223 g/mol. The van der Waals surface area contributed by atoms with Gasteiger partial charge >= 0.3 is 0 Å². The largest absolute Gasteiger partial charge is 0.375 e. The number of ether oxygens (including phenoxy) is 1. The SMILES string of the molecule is C1CC(CCNC2CCOC3(CCC3)C2)C1. The van der Waals surface area contributed by atoms with Gasteiger partial charge in [-0.15, -0.1) is 0 Å². The third-order valence-electron chi connectivity index (χ3n) is 4.97. The summed E-state index contributed by atoms with van der Waals surface area (Å²) < 4.78 is 5.95. The van der Waals surface area contributed by atoms with Crippen LogP contribution in [0.4, 0.5) is 0 Å². The highest BCUT2D eigenvalue weighted by molar-refractivity contribution is 4.96. The van der Waals surface area contributed by atoms with Gasteiger partial charge in [-0.2, -0.15) is 0 Å². The van der Waals surface area contributed by atoms with Crippen LogP contribution in [0.5, 0.6) is 0 Å². The molecule has 2 saturated carbocycles. The Morgan fingerprint density at radius 3 is 2.62 bits per heavy atom. The number of rotatable bonds is 4. The van der Waals surface area contributed by atoms with Crippen molar-refractivity contribution in [3.05, 3.63) is 0 Å². The molecule has 1 unspecified atom stereocenters. The second kappa shape index (κ2) is 4.66. The Morgan fingerprint density at radius 1 is 1.12 bits per heavy atom. The minimum atomic E-state index is 0.312. The van der Waals surface area contributed by atoms with Crippen molar-refractivity contribution < 1.29 is 4.74 Å². The van der Waals surface area contributed by atoms with Crippen molar-refractivity contribution in [3.63, 3.8) is 0 Å². The lowest BCUT2D eigenvalue weighted by Gasteiger charge is -2.47. The zero-order chi connectivity index (χ0) is 10.8. The molecule has 0 aromatic rings. The van der Waals surface area contributed by atoms with Crippen LogP contribution >= 0.6 is 0 Å². The van der Waals surface area contributed by atoms with Crippen LogP contribution in [0.15, 0.2) is 0 Å². The van der Waals surface area contributed by atoms with Gasteiger partial charge in [-0.3, -0.25) is 0 Å². The van der Waals surface area contributed by atoms with Crippen molar-refractivity contribution in [2.75, 3.05) is 13.2 Å². The minimum Gasteiger partial charge on any atom is -0.375 e. The van der Waals surface area contributed by atoms with Crippen LogP contribution in [0.3, 0.4) is 0 Å². The highest BCUT2D eigenvalue weighted by Gasteiger charge is 2.42. The predicted molar refractivity (Wildman–Crippen MR) is 65.5 cm³/mol. The molecule has 3 aliphatic rings. The Morgan fingerprint density at radius 2 is 2.00 bits per heavy atom. The quantitative estimate of drug-likeness (QED) is 0.791. The Kier molecular flexibility index (Phi) is 3.21. The molecule has 2 nitrogen and oxygen atoms in total. The van der Waals surface area contributed by atoms with E-state index in [-0.39, 0.29) is 0 Å². The van der Waals surface area contributed by atoms with E-state index in [0.29, 0.717) is 5.60 Å². The fourth-order valence-corrected chi connectivity index (χ4v) is 3.39. The number of nitrogens with one attached hydrogen (secondary N) is 1. The van der Waals surface area contributed by atoms with Crippen molar-refractivity contribution in [2.45, 2.75) is 69.4 Å². The normalized spacial score (nSPS) is 33.4. The first-order chi connectivity index (χ1) is 7.86. The minimum absolute atomic E-state index is 0.312. The fourth-order valence-electron chi connectivity index (χ4n) is 3.39. The molecule has 1 atom stereocenters. The van der Waals surface area contributed by atoms with Gasteiger partial charge < -0.3 is 10.1 Å². The van der Waals surface area contributed by atoms with Gasteiger partial charge in [0.25, 0.3) is 0 Å². The van der Waals surface area contributed by atoms with E-state index in [4.69, 9.17) is 4.74 Å². The van der Waals surface area contributed by atoms with Crippen molar-refractivity contribution in [2.24, 2.45) is 5.92 Å². The summed E-state index contributed by atoms with van der Waals surface area (Å²) in [6.07, 6.45) is 12.4. The van der Waals surface area contributed by atoms with Crippen LogP contribution in [-0.2, 0) is 4.74 Å². The topological polar surface area (TPSA) is 21.3 Å². The second-order valence-electron chi connectivity index (χ2n) is 6.11. The maximum Gasteiger partial charge on any atom is 0.0697 e.